The summed E-state index contributed by atoms with van der Waals surface area (Å²) in [6.07, 6.45) is 10.3. The van der Waals surface area contributed by atoms with E-state index < -0.39 is 5.82 Å². The van der Waals surface area contributed by atoms with Gasteiger partial charge >= 0.3 is 0 Å². The zero-order valence-corrected chi connectivity index (χ0v) is 20.8. The molecule has 2 N–H and O–H groups in total. The number of anilines is 1. The Morgan fingerprint density at radius 3 is 2.66 bits per heavy atom. The summed E-state index contributed by atoms with van der Waals surface area (Å²) >= 11 is 0. The maximum atomic E-state index is 14.5. The van der Waals surface area contributed by atoms with Crippen LogP contribution in [-0.2, 0) is 0 Å². The number of piperidine rings is 1. The van der Waals surface area contributed by atoms with Crippen molar-refractivity contribution < 1.29 is 9.18 Å². The lowest BCUT2D eigenvalue weighted by Gasteiger charge is -2.43. The number of nitrogens with one attached hydrogen (secondary N) is 2. The second-order valence-corrected chi connectivity index (χ2v) is 10.7. The molecular formula is C27H33FN6O. The number of hydrogen-bond acceptors (Lipinski definition) is 5. The zero-order valence-electron chi connectivity index (χ0n) is 20.8. The van der Waals surface area contributed by atoms with Crippen LogP contribution in [0, 0.1) is 18.2 Å². The van der Waals surface area contributed by atoms with Crippen molar-refractivity contribution in [2.24, 2.45) is 5.41 Å². The number of aryl methyl sites for hydroxylation is 1. The minimum atomic E-state index is -0.517. The molecule has 2 aromatic heterocycles. The molecule has 2 aliphatic rings. The highest BCUT2D eigenvalue weighted by Crippen LogP contribution is 2.32. The molecule has 8 heteroatoms. The average molecular weight is 477 g/mol. The Kier molecular flexibility index (Phi) is 6.09. The van der Waals surface area contributed by atoms with Crippen LogP contribution in [-0.4, -0.2) is 57.8 Å². The predicted molar refractivity (Wildman–Crippen MR) is 135 cm³/mol. The van der Waals surface area contributed by atoms with Gasteiger partial charge < -0.3 is 15.5 Å². The summed E-state index contributed by atoms with van der Waals surface area (Å²) in [5.74, 6) is -0.893. The minimum Gasteiger partial charge on any atom is -0.380 e. The molecule has 0 bridgehead atoms. The Bertz CT molecular complexity index is 1250. The first-order chi connectivity index (χ1) is 16.7. The third kappa shape index (κ3) is 5.07. The Hall–Kier alpha value is -3.26. The monoisotopic (exact) mass is 476 g/mol. The third-order valence-corrected chi connectivity index (χ3v) is 7.10. The summed E-state index contributed by atoms with van der Waals surface area (Å²) in [7, 11) is 2.17. The van der Waals surface area contributed by atoms with Crippen molar-refractivity contribution in [1.29, 1.82) is 0 Å². The molecule has 5 rings (SSSR count). The van der Waals surface area contributed by atoms with E-state index in [1.54, 1.807) is 16.9 Å². The van der Waals surface area contributed by atoms with Gasteiger partial charge in [-0.05, 0) is 69.0 Å². The van der Waals surface area contributed by atoms with E-state index in [4.69, 9.17) is 0 Å². The van der Waals surface area contributed by atoms with Crippen LogP contribution in [0.1, 0.15) is 49.0 Å². The molecule has 2 fully saturated rings. The van der Waals surface area contributed by atoms with E-state index in [-0.39, 0.29) is 22.9 Å². The Labute approximate surface area is 205 Å². The van der Waals surface area contributed by atoms with Gasteiger partial charge in [0.25, 0.3) is 5.91 Å². The van der Waals surface area contributed by atoms with Crippen molar-refractivity contribution in [3.8, 4) is 16.8 Å². The first kappa shape index (κ1) is 23.5. The number of hydrogen-bond donors (Lipinski definition) is 2. The molecular weight excluding hydrogens is 443 g/mol. The molecule has 184 valence electrons. The number of carbonyl (C=O) groups excluding carboxylic acids is 1. The maximum absolute atomic E-state index is 14.5. The van der Waals surface area contributed by atoms with Gasteiger partial charge in [0.2, 0.25) is 0 Å². The number of likely N-dealkylation sites (tertiary alicyclic amines) is 1. The van der Waals surface area contributed by atoms with Crippen LogP contribution in [0.15, 0.2) is 43.0 Å². The van der Waals surface area contributed by atoms with Crippen LogP contribution in [0.4, 0.5) is 10.1 Å². The normalized spacial score (nSPS) is 20.0. The van der Waals surface area contributed by atoms with E-state index in [2.05, 4.69) is 52.6 Å². The van der Waals surface area contributed by atoms with Gasteiger partial charge in [-0.3, -0.25) is 9.78 Å². The molecule has 1 unspecified atom stereocenters. The van der Waals surface area contributed by atoms with Gasteiger partial charge in [-0.2, -0.15) is 5.10 Å². The number of carbonyl (C=O) groups is 1. The summed E-state index contributed by atoms with van der Waals surface area (Å²) in [5.41, 5.74) is 4.40. The lowest BCUT2D eigenvalue weighted by molar-refractivity contribution is 0.0947. The molecule has 1 aromatic carbocycles. The number of pyridine rings is 1. The quantitative estimate of drug-likeness (QED) is 0.551. The van der Waals surface area contributed by atoms with Crippen LogP contribution in [0.2, 0.25) is 0 Å². The van der Waals surface area contributed by atoms with Crippen molar-refractivity contribution in [3.05, 3.63) is 59.9 Å². The van der Waals surface area contributed by atoms with E-state index in [0.717, 1.165) is 49.2 Å². The topological polar surface area (TPSA) is 75.1 Å². The van der Waals surface area contributed by atoms with E-state index >= 15 is 0 Å². The van der Waals surface area contributed by atoms with E-state index in [0.29, 0.717) is 17.3 Å². The summed E-state index contributed by atoms with van der Waals surface area (Å²) in [5, 5.41) is 11.1. The van der Waals surface area contributed by atoms with Gasteiger partial charge in [-0.15, -0.1) is 0 Å². The van der Waals surface area contributed by atoms with Crippen molar-refractivity contribution in [2.45, 2.75) is 52.1 Å². The smallest absolute Gasteiger partial charge is 0.254 e. The molecule has 7 nitrogen and oxygen atoms in total. The molecule has 1 atom stereocenters. The largest absolute Gasteiger partial charge is 0.380 e. The minimum absolute atomic E-state index is 0.0446. The number of aromatic nitrogens is 3. The van der Waals surface area contributed by atoms with Crippen molar-refractivity contribution in [3.63, 3.8) is 0 Å². The molecule has 3 heterocycles. The Balaban J connectivity index is 1.38. The van der Waals surface area contributed by atoms with Gasteiger partial charge in [-0.1, -0.05) is 13.8 Å². The van der Waals surface area contributed by atoms with Gasteiger partial charge in [0.05, 0.1) is 23.1 Å². The fourth-order valence-electron chi connectivity index (χ4n) is 4.95. The number of nitrogens with zero attached hydrogens (tertiary/aromatic N) is 4. The predicted octanol–water partition coefficient (Wildman–Crippen LogP) is 4.42. The number of amides is 1. The third-order valence-electron chi connectivity index (χ3n) is 7.10. The summed E-state index contributed by atoms with van der Waals surface area (Å²) in [4.78, 5) is 19.3. The fourth-order valence-corrected chi connectivity index (χ4v) is 4.95. The lowest BCUT2D eigenvalue weighted by atomic mass is 9.79. The molecule has 0 spiro atoms. The van der Waals surface area contributed by atoms with Crippen molar-refractivity contribution >= 4 is 11.6 Å². The van der Waals surface area contributed by atoms with Crippen LogP contribution >= 0.6 is 0 Å². The molecule has 35 heavy (non-hydrogen) atoms. The lowest BCUT2D eigenvalue weighted by Crippen LogP contribution is -2.50. The molecule has 3 aromatic rings. The first-order valence-corrected chi connectivity index (χ1v) is 12.3. The summed E-state index contributed by atoms with van der Waals surface area (Å²) in [6, 6.07) is 5.59. The first-order valence-electron chi connectivity index (χ1n) is 12.3. The molecule has 0 radical (unpaired) electrons. The molecule has 1 aliphatic carbocycles. The highest BCUT2D eigenvalue weighted by molar-refractivity contribution is 5.95. The van der Waals surface area contributed by atoms with E-state index in [1.807, 2.05) is 25.5 Å². The van der Waals surface area contributed by atoms with Crippen LogP contribution < -0.4 is 10.6 Å². The number of rotatable bonds is 6. The van der Waals surface area contributed by atoms with Crippen molar-refractivity contribution in [2.75, 3.05) is 25.5 Å². The van der Waals surface area contributed by atoms with Crippen LogP contribution in [0.5, 0.6) is 0 Å². The highest BCUT2D eigenvalue weighted by atomic mass is 19.1. The Morgan fingerprint density at radius 2 is 1.91 bits per heavy atom. The summed E-state index contributed by atoms with van der Waals surface area (Å²) < 4.78 is 16.2. The molecule has 1 saturated heterocycles. The highest BCUT2D eigenvalue weighted by Gasteiger charge is 2.34. The van der Waals surface area contributed by atoms with E-state index in [9.17, 15) is 9.18 Å². The van der Waals surface area contributed by atoms with Crippen LogP contribution in [0.25, 0.3) is 16.8 Å². The zero-order chi connectivity index (χ0) is 24.7. The fraction of sp³-hybridized carbons (Fsp3) is 0.444. The standard InChI is InChI=1S/C27H33FN6O/c1-17-9-23(28)22(26(35)32-20-5-6-20)11-24(17)34-15-19(13-30-34)18-10-21(14-29-12-18)31-25-7-8-33(4)16-27(25,2)3/h9-15,20,25,31H,5-8,16H2,1-4H3,(H,32,35). The molecule has 1 aliphatic heterocycles. The molecule has 1 saturated carbocycles. The maximum Gasteiger partial charge on any atom is 0.254 e. The van der Waals surface area contributed by atoms with Gasteiger partial charge in [0.1, 0.15) is 5.82 Å². The SMILES string of the molecule is Cc1cc(F)c(C(=O)NC2CC2)cc1-n1cc(-c2cncc(NC3CCN(C)CC3(C)C)c2)cn1. The van der Waals surface area contributed by atoms with Gasteiger partial charge in [0, 0.05) is 48.3 Å². The second kappa shape index (κ2) is 9.07. The number of benzene rings is 1. The number of halogens is 1. The van der Waals surface area contributed by atoms with Crippen molar-refractivity contribution in [1.82, 2.24) is 25.0 Å². The second-order valence-electron chi connectivity index (χ2n) is 10.7. The van der Waals surface area contributed by atoms with Gasteiger partial charge in [0.15, 0.2) is 0 Å². The van der Waals surface area contributed by atoms with E-state index in [1.165, 1.54) is 6.07 Å². The Morgan fingerprint density at radius 1 is 1.11 bits per heavy atom. The van der Waals surface area contributed by atoms with Gasteiger partial charge in [-0.25, -0.2) is 9.07 Å². The van der Waals surface area contributed by atoms with Crippen LogP contribution in [0.3, 0.4) is 0 Å². The average Bonchev–Trinajstić information content (AvgIpc) is 3.47. The summed E-state index contributed by atoms with van der Waals surface area (Å²) in [6.45, 7) is 8.52. The molecule has 1 amide bonds.